The summed E-state index contributed by atoms with van der Waals surface area (Å²) in [5.41, 5.74) is 1.10. The van der Waals surface area contributed by atoms with Gasteiger partial charge in [-0.15, -0.1) is 0 Å². The molecule has 4 heteroatoms. The molecule has 0 aliphatic heterocycles. The van der Waals surface area contributed by atoms with E-state index in [9.17, 15) is 0 Å². The smallest absolute Gasteiger partial charge is 0.119 e. The minimum atomic E-state index is -0.281. The average Bonchev–Trinajstić information content (AvgIpc) is 2.37. The monoisotopic (exact) mass is 239 g/mol. The van der Waals surface area contributed by atoms with E-state index >= 15 is 0 Å². The van der Waals surface area contributed by atoms with E-state index in [1.54, 1.807) is 0 Å². The first-order valence-corrected chi connectivity index (χ1v) is 5.91. The van der Waals surface area contributed by atoms with Crippen molar-refractivity contribution < 1.29 is 14.9 Å². The van der Waals surface area contributed by atoms with E-state index < -0.39 is 0 Å². The lowest BCUT2D eigenvalue weighted by molar-refractivity contribution is 0.163. The third-order valence-corrected chi connectivity index (χ3v) is 2.62. The van der Waals surface area contributed by atoms with Gasteiger partial charge in [0.1, 0.15) is 5.75 Å². The molecule has 0 saturated carbocycles. The highest BCUT2D eigenvalue weighted by atomic mass is 16.5. The van der Waals surface area contributed by atoms with Crippen LogP contribution in [-0.2, 0) is 0 Å². The Labute approximate surface area is 102 Å². The molecule has 0 spiro atoms. The number of hydrogen-bond acceptors (Lipinski definition) is 4. The van der Waals surface area contributed by atoms with E-state index in [0.717, 1.165) is 11.3 Å². The maximum Gasteiger partial charge on any atom is 0.119 e. The highest BCUT2D eigenvalue weighted by Crippen LogP contribution is 2.17. The number of hydrogen-bond donors (Lipinski definition) is 3. The van der Waals surface area contributed by atoms with Gasteiger partial charge in [-0.1, -0.05) is 12.1 Å². The Hall–Kier alpha value is -1.10. The summed E-state index contributed by atoms with van der Waals surface area (Å²) in [6, 6.07) is 7.60. The van der Waals surface area contributed by atoms with E-state index in [1.165, 1.54) is 0 Å². The van der Waals surface area contributed by atoms with Crippen molar-refractivity contribution in [2.24, 2.45) is 0 Å². The van der Waals surface area contributed by atoms with Gasteiger partial charge in [0.2, 0.25) is 0 Å². The fraction of sp³-hybridized carbons (Fsp3) is 0.538. The zero-order valence-corrected chi connectivity index (χ0v) is 10.4. The first-order valence-electron chi connectivity index (χ1n) is 5.91. The Morgan fingerprint density at radius 1 is 1.18 bits per heavy atom. The molecule has 1 aromatic carbocycles. The second-order valence-corrected chi connectivity index (χ2v) is 3.95. The van der Waals surface area contributed by atoms with Crippen molar-refractivity contribution in [3.05, 3.63) is 29.8 Å². The molecule has 0 saturated heterocycles. The minimum Gasteiger partial charge on any atom is -0.494 e. The summed E-state index contributed by atoms with van der Waals surface area (Å²) in [6.07, 6.45) is 0. The Balaban J connectivity index is 2.59. The van der Waals surface area contributed by atoms with Gasteiger partial charge in [0.15, 0.2) is 0 Å². The average molecular weight is 239 g/mol. The second-order valence-electron chi connectivity index (χ2n) is 3.95. The zero-order valence-electron chi connectivity index (χ0n) is 10.4. The van der Waals surface area contributed by atoms with Crippen molar-refractivity contribution in [1.29, 1.82) is 0 Å². The van der Waals surface area contributed by atoms with Crippen LogP contribution in [0.3, 0.4) is 0 Å². The van der Waals surface area contributed by atoms with Crippen molar-refractivity contribution >= 4 is 0 Å². The number of aliphatic hydroxyl groups is 2. The third kappa shape index (κ3) is 4.34. The molecule has 1 aromatic rings. The van der Waals surface area contributed by atoms with Gasteiger partial charge in [-0.25, -0.2) is 0 Å². The van der Waals surface area contributed by atoms with Gasteiger partial charge in [-0.05, 0) is 31.5 Å². The summed E-state index contributed by atoms with van der Waals surface area (Å²) in [4.78, 5) is 0. The zero-order chi connectivity index (χ0) is 12.7. The van der Waals surface area contributed by atoms with Crippen molar-refractivity contribution in [1.82, 2.24) is 5.32 Å². The highest BCUT2D eigenvalue weighted by Gasteiger charge is 2.11. The summed E-state index contributed by atoms with van der Waals surface area (Å²) in [6.45, 7) is 4.46. The molecule has 96 valence electrons. The van der Waals surface area contributed by atoms with Crippen LogP contribution in [0.5, 0.6) is 5.75 Å². The first-order chi connectivity index (χ1) is 8.21. The van der Waals surface area contributed by atoms with Crippen molar-refractivity contribution in [2.45, 2.75) is 25.9 Å². The maximum atomic E-state index is 8.99. The molecule has 4 nitrogen and oxygen atoms in total. The SMILES string of the molecule is CCOc1ccc(C(C)NC(CO)CO)cc1. The molecule has 3 N–H and O–H groups in total. The predicted octanol–water partition coefficient (Wildman–Crippen LogP) is 1.09. The number of ether oxygens (including phenoxy) is 1. The van der Waals surface area contributed by atoms with E-state index in [2.05, 4.69) is 5.32 Å². The van der Waals surface area contributed by atoms with Crippen LogP contribution in [-0.4, -0.2) is 36.1 Å². The van der Waals surface area contributed by atoms with Crippen LogP contribution in [0.25, 0.3) is 0 Å². The second kappa shape index (κ2) is 7.27. The van der Waals surface area contributed by atoms with E-state index in [1.807, 2.05) is 38.1 Å². The molecule has 0 amide bonds. The molecule has 0 aromatic heterocycles. The van der Waals surface area contributed by atoms with Gasteiger partial charge in [0.25, 0.3) is 0 Å². The molecule has 1 atom stereocenters. The molecule has 1 rings (SSSR count). The van der Waals surface area contributed by atoms with Gasteiger partial charge < -0.3 is 20.3 Å². The van der Waals surface area contributed by atoms with Crippen LogP contribution in [0, 0.1) is 0 Å². The fourth-order valence-electron chi connectivity index (χ4n) is 1.63. The molecule has 0 heterocycles. The van der Waals surface area contributed by atoms with Crippen LogP contribution in [0.1, 0.15) is 25.5 Å². The summed E-state index contributed by atoms with van der Waals surface area (Å²) < 4.78 is 5.36. The van der Waals surface area contributed by atoms with Gasteiger partial charge >= 0.3 is 0 Å². The van der Waals surface area contributed by atoms with Crippen LogP contribution < -0.4 is 10.1 Å². The Morgan fingerprint density at radius 2 is 1.76 bits per heavy atom. The normalized spacial score (nSPS) is 12.8. The van der Waals surface area contributed by atoms with Crippen LogP contribution >= 0.6 is 0 Å². The van der Waals surface area contributed by atoms with Crippen molar-refractivity contribution in [3.8, 4) is 5.75 Å². The lowest BCUT2D eigenvalue weighted by Crippen LogP contribution is -2.37. The molecular formula is C13H21NO3. The van der Waals surface area contributed by atoms with Gasteiger partial charge in [-0.2, -0.15) is 0 Å². The predicted molar refractivity (Wildman–Crippen MR) is 67.1 cm³/mol. The molecular weight excluding hydrogens is 218 g/mol. The van der Waals surface area contributed by atoms with E-state index in [0.29, 0.717) is 6.61 Å². The van der Waals surface area contributed by atoms with E-state index in [4.69, 9.17) is 14.9 Å². The summed E-state index contributed by atoms with van der Waals surface area (Å²) in [7, 11) is 0. The number of nitrogens with one attached hydrogen (secondary N) is 1. The summed E-state index contributed by atoms with van der Waals surface area (Å²) >= 11 is 0. The van der Waals surface area contributed by atoms with Gasteiger partial charge in [0, 0.05) is 6.04 Å². The molecule has 0 bridgehead atoms. The van der Waals surface area contributed by atoms with Gasteiger partial charge in [-0.3, -0.25) is 0 Å². The summed E-state index contributed by atoms with van der Waals surface area (Å²) in [5, 5.41) is 21.1. The Morgan fingerprint density at radius 3 is 2.24 bits per heavy atom. The van der Waals surface area contributed by atoms with Crippen LogP contribution in [0.4, 0.5) is 0 Å². The van der Waals surface area contributed by atoms with Crippen molar-refractivity contribution in [2.75, 3.05) is 19.8 Å². The largest absolute Gasteiger partial charge is 0.494 e. The standard InChI is InChI=1S/C13H21NO3/c1-3-17-13-6-4-11(5-7-13)10(2)14-12(8-15)9-16/h4-7,10,12,14-16H,3,8-9H2,1-2H3. The lowest BCUT2D eigenvalue weighted by atomic mass is 10.1. The molecule has 0 fully saturated rings. The number of aliphatic hydroxyl groups excluding tert-OH is 2. The number of rotatable bonds is 7. The molecule has 0 aliphatic rings. The van der Waals surface area contributed by atoms with Gasteiger partial charge in [0.05, 0.1) is 25.9 Å². The Kier molecular flexibility index (Phi) is 5.97. The third-order valence-electron chi connectivity index (χ3n) is 2.62. The van der Waals surface area contributed by atoms with Crippen LogP contribution in [0.2, 0.25) is 0 Å². The van der Waals surface area contributed by atoms with Crippen molar-refractivity contribution in [3.63, 3.8) is 0 Å². The highest BCUT2D eigenvalue weighted by molar-refractivity contribution is 5.28. The number of benzene rings is 1. The lowest BCUT2D eigenvalue weighted by Gasteiger charge is -2.20. The minimum absolute atomic E-state index is 0.0716. The van der Waals surface area contributed by atoms with Crippen LogP contribution in [0.15, 0.2) is 24.3 Å². The maximum absolute atomic E-state index is 8.99. The topological polar surface area (TPSA) is 61.7 Å². The quantitative estimate of drug-likeness (QED) is 0.666. The Bertz CT molecular complexity index is 309. The first kappa shape index (κ1) is 14.0. The molecule has 17 heavy (non-hydrogen) atoms. The van der Waals surface area contributed by atoms with E-state index in [-0.39, 0.29) is 25.3 Å². The molecule has 1 unspecified atom stereocenters. The molecule has 0 aliphatic carbocycles. The fourth-order valence-corrected chi connectivity index (χ4v) is 1.63. The molecule has 0 radical (unpaired) electrons. The summed E-state index contributed by atoms with van der Waals surface area (Å²) in [5.74, 6) is 0.851.